The highest BCUT2D eigenvalue weighted by atomic mass is 32.2. The highest BCUT2D eigenvalue weighted by Crippen LogP contribution is 2.27. The zero-order chi connectivity index (χ0) is 18.4. The van der Waals surface area contributed by atoms with Crippen LogP contribution in [-0.4, -0.2) is 31.5 Å². The molecule has 138 valence electrons. The Hall–Kier alpha value is -1.95. The van der Waals surface area contributed by atoms with Gasteiger partial charge in [0.05, 0.1) is 0 Å². The molecule has 26 heavy (non-hydrogen) atoms. The van der Waals surface area contributed by atoms with Crippen molar-refractivity contribution in [3.8, 4) is 11.5 Å². The summed E-state index contributed by atoms with van der Waals surface area (Å²) in [5.74, 6) is 2.53. The molecule has 1 aliphatic rings. The summed E-state index contributed by atoms with van der Waals surface area (Å²) in [6.07, 6.45) is -0.381. The summed E-state index contributed by atoms with van der Waals surface area (Å²) in [4.78, 5) is 1.18. The molecule has 2 aromatic carbocycles. The van der Waals surface area contributed by atoms with E-state index >= 15 is 0 Å². The second-order valence-electron chi connectivity index (χ2n) is 6.15. The fourth-order valence-electron chi connectivity index (χ4n) is 2.48. The van der Waals surface area contributed by atoms with E-state index in [-0.39, 0.29) is 12.6 Å². The van der Waals surface area contributed by atoms with E-state index in [1.807, 2.05) is 50.2 Å². The van der Waals surface area contributed by atoms with Crippen LogP contribution in [0.5, 0.6) is 11.5 Å². The van der Waals surface area contributed by atoms with Crippen LogP contribution in [0.15, 0.2) is 65.6 Å². The first-order chi connectivity index (χ1) is 12.6. The molecule has 5 heteroatoms. The third-order valence-electron chi connectivity index (χ3n) is 3.84. The van der Waals surface area contributed by atoms with Crippen LogP contribution in [0, 0.1) is 6.92 Å². The quantitative estimate of drug-likeness (QED) is 0.466. The molecule has 0 unspecified atom stereocenters. The third kappa shape index (κ3) is 5.53. The fraction of sp³-hybridized carbons (Fsp3) is 0.333. The topological polar surface area (TPSA) is 36.9 Å². The van der Waals surface area contributed by atoms with Crippen molar-refractivity contribution in [2.75, 3.05) is 19.0 Å². The van der Waals surface area contributed by atoms with Gasteiger partial charge in [-0.25, -0.2) is 0 Å². The smallest absolute Gasteiger partial charge is 0.197 e. The molecular formula is C21H24O4S. The Morgan fingerprint density at radius 2 is 1.88 bits per heavy atom. The Morgan fingerprint density at radius 1 is 1.12 bits per heavy atom. The van der Waals surface area contributed by atoms with Gasteiger partial charge >= 0.3 is 0 Å². The third-order valence-corrected chi connectivity index (χ3v) is 4.98. The molecule has 0 spiro atoms. The number of hydrogen-bond donors (Lipinski definition) is 0. The molecule has 1 fully saturated rings. The van der Waals surface area contributed by atoms with E-state index in [1.165, 1.54) is 4.90 Å². The van der Waals surface area contributed by atoms with Crippen LogP contribution in [0.1, 0.15) is 12.5 Å². The van der Waals surface area contributed by atoms with Crippen LogP contribution < -0.4 is 9.47 Å². The van der Waals surface area contributed by atoms with E-state index in [0.717, 1.165) is 28.4 Å². The molecule has 0 N–H and O–H groups in total. The van der Waals surface area contributed by atoms with Gasteiger partial charge in [0, 0.05) is 10.6 Å². The van der Waals surface area contributed by atoms with Gasteiger partial charge in [0.2, 0.25) is 0 Å². The second kappa shape index (κ2) is 9.12. The average Bonchev–Trinajstić information content (AvgIpc) is 2.63. The second-order valence-corrected chi connectivity index (χ2v) is 7.20. The van der Waals surface area contributed by atoms with Crippen molar-refractivity contribution >= 4 is 11.8 Å². The van der Waals surface area contributed by atoms with Gasteiger partial charge in [-0.05, 0) is 55.3 Å². The summed E-state index contributed by atoms with van der Waals surface area (Å²) >= 11 is 1.74. The van der Waals surface area contributed by atoms with Crippen molar-refractivity contribution in [1.82, 2.24) is 0 Å². The molecule has 0 radical (unpaired) electrons. The molecule has 3 rings (SSSR count). The minimum Gasteiger partial charge on any atom is -0.489 e. The lowest BCUT2D eigenvalue weighted by atomic mass is 10.2. The van der Waals surface area contributed by atoms with Crippen LogP contribution in [0.3, 0.4) is 0 Å². The Morgan fingerprint density at radius 3 is 2.58 bits per heavy atom. The Labute approximate surface area is 159 Å². The average molecular weight is 372 g/mol. The molecule has 1 saturated heterocycles. The van der Waals surface area contributed by atoms with E-state index in [9.17, 15) is 0 Å². The Balaban J connectivity index is 1.41. The maximum Gasteiger partial charge on any atom is 0.197 e. The molecule has 0 atom stereocenters. The summed E-state index contributed by atoms with van der Waals surface area (Å²) in [5.41, 5.74) is 2.14. The van der Waals surface area contributed by atoms with Gasteiger partial charge in [0.25, 0.3) is 0 Å². The van der Waals surface area contributed by atoms with Gasteiger partial charge in [-0.2, -0.15) is 0 Å². The number of benzene rings is 2. The van der Waals surface area contributed by atoms with Gasteiger partial charge in [0.15, 0.2) is 12.6 Å². The number of aryl methyl sites for hydroxylation is 1. The molecule has 2 aromatic rings. The summed E-state index contributed by atoms with van der Waals surface area (Å²) in [5, 5.41) is 0. The van der Waals surface area contributed by atoms with Gasteiger partial charge in [-0.3, -0.25) is 0 Å². The number of hydrogen-bond acceptors (Lipinski definition) is 5. The summed E-state index contributed by atoms with van der Waals surface area (Å²) in [7, 11) is 0. The van der Waals surface area contributed by atoms with Crippen molar-refractivity contribution in [3.63, 3.8) is 0 Å². The molecular weight excluding hydrogens is 348 g/mol. The van der Waals surface area contributed by atoms with Crippen molar-refractivity contribution in [1.29, 1.82) is 0 Å². The summed E-state index contributed by atoms with van der Waals surface area (Å²) in [6.45, 7) is 8.94. The zero-order valence-corrected chi connectivity index (χ0v) is 16.0. The molecule has 4 nitrogen and oxygen atoms in total. The zero-order valence-electron chi connectivity index (χ0n) is 15.1. The van der Waals surface area contributed by atoms with E-state index in [0.29, 0.717) is 13.2 Å². The maximum atomic E-state index is 5.76. The first-order valence-corrected chi connectivity index (χ1v) is 9.60. The lowest BCUT2D eigenvalue weighted by molar-refractivity contribution is -0.380. The predicted molar refractivity (Wildman–Crippen MR) is 104 cm³/mol. The van der Waals surface area contributed by atoms with Crippen LogP contribution in [0.2, 0.25) is 0 Å². The highest BCUT2D eigenvalue weighted by Gasteiger charge is 2.27. The van der Waals surface area contributed by atoms with Gasteiger partial charge in [0.1, 0.15) is 24.7 Å². The molecule has 0 amide bonds. The van der Waals surface area contributed by atoms with Gasteiger partial charge in [-0.15, -0.1) is 11.8 Å². The first kappa shape index (κ1) is 18.8. The number of rotatable bonds is 9. The van der Waals surface area contributed by atoms with Crippen LogP contribution in [-0.2, 0) is 9.47 Å². The molecule has 0 saturated carbocycles. The molecule has 1 aliphatic heterocycles. The predicted octanol–water partition coefficient (Wildman–Crippen LogP) is 4.82. The van der Waals surface area contributed by atoms with Crippen molar-refractivity contribution < 1.29 is 18.9 Å². The van der Waals surface area contributed by atoms with Gasteiger partial charge in [-0.1, -0.05) is 24.8 Å². The summed E-state index contributed by atoms with van der Waals surface area (Å²) in [6, 6.07) is 16.0. The fourth-order valence-corrected chi connectivity index (χ4v) is 3.36. The van der Waals surface area contributed by atoms with Crippen LogP contribution >= 0.6 is 11.8 Å². The minimum atomic E-state index is -0.258. The highest BCUT2D eigenvalue weighted by molar-refractivity contribution is 7.99. The SMILES string of the molecule is C=C(COc1ccccc1)CSc1ccc(OCC2OC(C)O2)c(C)c1. The largest absolute Gasteiger partial charge is 0.489 e. The van der Waals surface area contributed by atoms with E-state index < -0.39 is 0 Å². The van der Waals surface area contributed by atoms with E-state index in [1.54, 1.807) is 11.8 Å². The lowest BCUT2D eigenvalue weighted by Crippen LogP contribution is -2.42. The molecule has 0 bridgehead atoms. The van der Waals surface area contributed by atoms with Crippen LogP contribution in [0.4, 0.5) is 0 Å². The van der Waals surface area contributed by atoms with Crippen molar-refractivity contribution in [2.24, 2.45) is 0 Å². The normalized spacial score (nSPS) is 18.8. The van der Waals surface area contributed by atoms with E-state index in [4.69, 9.17) is 18.9 Å². The van der Waals surface area contributed by atoms with E-state index in [2.05, 4.69) is 18.7 Å². The Bertz CT molecular complexity index is 726. The molecule has 0 aromatic heterocycles. The Kier molecular flexibility index (Phi) is 6.61. The number of ether oxygens (including phenoxy) is 4. The van der Waals surface area contributed by atoms with Crippen molar-refractivity contribution in [2.45, 2.75) is 31.3 Å². The monoisotopic (exact) mass is 372 g/mol. The molecule has 1 heterocycles. The van der Waals surface area contributed by atoms with Crippen LogP contribution in [0.25, 0.3) is 0 Å². The standard InChI is InChI=1S/C21H24O4S/c1-15(12-22-18-7-5-4-6-8-18)14-26-19-9-10-20(16(2)11-19)23-13-21-24-17(3)25-21/h4-11,17,21H,1,12-14H2,2-3H3. The number of thioether (sulfide) groups is 1. The van der Waals surface area contributed by atoms with Crippen molar-refractivity contribution in [3.05, 3.63) is 66.2 Å². The molecule has 0 aliphatic carbocycles. The number of para-hydroxylation sites is 1. The lowest BCUT2D eigenvalue weighted by Gasteiger charge is -2.33. The minimum absolute atomic E-state index is 0.123. The maximum absolute atomic E-state index is 5.76. The summed E-state index contributed by atoms with van der Waals surface area (Å²) < 4.78 is 22.2. The van der Waals surface area contributed by atoms with Gasteiger partial charge < -0.3 is 18.9 Å². The first-order valence-electron chi connectivity index (χ1n) is 8.62.